The van der Waals surface area contributed by atoms with E-state index in [4.69, 9.17) is 0 Å². The van der Waals surface area contributed by atoms with Crippen molar-refractivity contribution in [2.24, 2.45) is 0 Å². The normalized spacial score (nSPS) is 11.5. The highest BCUT2D eigenvalue weighted by atomic mass is 32.1. The molecule has 0 fully saturated rings. The standard InChI is InChI=1S/C16H16S/c1-9-6-8-14-15(11(9)3)13-7-5-10(2)12(4)16(13)17-14/h5-8H,1-4H3. The molecule has 17 heavy (non-hydrogen) atoms. The van der Waals surface area contributed by atoms with Gasteiger partial charge in [-0.3, -0.25) is 0 Å². The maximum atomic E-state index is 2.28. The first kappa shape index (κ1) is 10.8. The molecule has 0 aliphatic carbocycles. The van der Waals surface area contributed by atoms with Crippen LogP contribution in [0.25, 0.3) is 20.2 Å². The molecule has 3 rings (SSSR count). The van der Waals surface area contributed by atoms with Crippen molar-refractivity contribution >= 4 is 31.5 Å². The Morgan fingerprint density at radius 2 is 1.41 bits per heavy atom. The first-order chi connectivity index (χ1) is 8.09. The molecular weight excluding hydrogens is 224 g/mol. The number of hydrogen-bond donors (Lipinski definition) is 0. The summed E-state index contributed by atoms with van der Waals surface area (Å²) in [6.07, 6.45) is 0. The third-order valence-corrected chi connectivity index (χ3v) is 5.15. The van der Waals surface area contributed by atoms with Gasteiger partial charge in [-0.1, -0.05) is 18.2 Å². The highest BCUT2D eigenvalue weighted by Gasteiger charge is 2.11. The van der Waals surface area contributed by atoms with Crippen LogP contribution in [0, 0.1) is 27.7 Å². The predicted octanol–water partition coefficient (Wildman–Crippen LogP) is 5.29. The van der Waals surface area contributed by atoms with Crippen molar-refractivity contribution in [3.05, 3.63) is 46.5 Å². The smallest absolute Gasteiger partial charge is 0.0387 e. The summed E-state index contributed by atoms with van der Waals surface area (Å²) in [5, 5.41) is 2.88. The van der Waals surface area contributed by atoms with Crippen LogP contribution in [0.2, 0.25) is 0 Å². The van der Waals surface area contributed by atoms with Crippen LogP contribution in [-0.2, 0) is 0 Å². The fourth-order valence-electron chi connectivity index (χ4n) is 2.44. The molecule has 0 atom stereocenters. The molecule has 0 spiro atoms. The van der Waals surface area contributed by atoms with Crippen LogP contribution in [0.15, 0.2) is 24.3 Å². The molecule has 0 nitrogen and oxygen atoms in total. The van der Waals surface area contributed by atoms with Crippen LogP contribution >= 0.6 is 11.3 Å². The van der Waals surface area contributed by atoms with Crippen LogP contribution in [0.1, 0.15) is 22.3 Å². The summed E-state index contributed by atoms with van der Waals surface area (Å²) in [7, 11) is 0. The van der Waals surface area contributed by atoms with Crippen molar-refractivity contribution < 1.29 is 0 Å². The van der Waals surface area contributed by atoms with Gasteiger partial charge in [-0.05, 0) is 56.0 Å². The summed E-state index contributed by atoms with van der Waals surface area (Å²) in [5.41, 5.74) is 5.63. The quantitative estimate of drug-likeness (QED) is 0.501. The van der Waals surface area contributed by atoms with Crippen molar-refractivity contribution in [1.29, 1.82) is 0 Å². The second kappa shape index (κ2) is 3.58. The zero-order valence-corrected chi connectivity index (χ0v) is 11.5. The molecule has 1 heteroatoms. The maximum absolute atomic E-state index is 2.28. The lowest BCUT2D eigenvalue weighted by Crippen LogP contribution is -1.82. The fourth-order valence-corrected chi connectivity index (χ4v) is 3.75. The molecule has 2 aromatic carbocycles. The monoisotopic (exact) mass is 240 g/mol. The summed E-state index contributed by atoms with van der Waals surface area (Å²) in [6, 6.07) is 9.01. The van der Waals surface area contributed by atoms with Gasteiger partial charge in [0.05, 0.1) is 0 Å². The SMILES string of the molecule is Cc1ccc2c(sc3ccc(C)c(C)c32)c1C. The molecule has 0 N–H and O–H groups in total. The first-order valence-corrected chi connectivity index (χ1v) is 6.80. The van der Waals surface area contributed by atoms with E-state index in [1.807, 2.05) is 11.3 Å². The Kier molecular flexibility index (Phi) is 2.27. The van der Waals surface area contributed by atoms with E-state index in [-0.39, 0.29) is 0 Å². The van der Waals surface area contributed by atoms with Gasteiger partial charge in [0.25, 0.3) is 0 Å². The van der Waals surface area contributed by atoms with E-state index in [1.165, 1.54) is 42.4 Å². The van der Waals surface area contributed by atoms with Crippen LogP contribution < -0.4 is 0 Å². The Morgan fingerprint density at radius 1 is 0.765 bits per heavy atom. The Bertz CT molecular complexity index is 732. The number of benzene rings is 2. The van der Waals surface area contributed by atoms with Crippen molar-refractivity contribution in [3.63, 3.8) is 0 Å². The number of thiophene rings is 1. The molecule has 1 aromatic heterocycles. The van der Waals surface area contributed by atoms with E-state index in [2.05, 4.69) is 52.0 Å². The molecule has 0 amide bonds. The van der Waals surface area contributed by atoms with Gasteiger partial charge in [0.2, 0.25) is 0 Å². The number of fused-ring (bicyclic) bond motifs is 3. The molecular formula is C16H16S. The molecule has 86 valence electrons. The fraction of sp³-hybridized carbons (Fsp3) is 0.250. The third kappa shape index (κ3) is 1.42. The number of rotatable bonds is 0. The van der Waals surface area contributed by atoms with Gasteiger partial charge in [-0.15, -0.1) is 11.3 Å². The second-order valence-corrected chi connectivity index (χ2v) is 5.92. The summed E-state index contributed by atoms with van der Waals surface area (Å²) in [6.45, 7) is 8.85. The third-order valence-electron chi connectivity index (χ3n) is 3.86. The van der Waals surface area contributed by atoms with E-state index in [0.29, 0.717) is 0 Å². The Labute approximate surface area is 106 Å². The van der Waals surface area contributed by atoms with Crippen molar-refractivity contribution in [2.45, 2.75) is 27.7 Å². The Morgan fingerprint density at radius 3 is 2.18 bits per heavy atom. The summed E-state index contributed by atoms with van der Waals surface area (Å²) in [5.74, 6) is 0. The predicted molar refractivity (Wildman–Crippen MR) is 78.3 cm³/mol. The van der Waals surface area contributed by atoms with Gasteiger partial charge < -0.3 is 0 Å². The van der Waals surface area contributed by atoms with E-state index in [9.17, 15) is 0 Å². The largest absolute Gasteiger partial charge is 0.135 e. The zero-order chi connectivity index (χ0) is 12.2. The van der Waals surface area contributed by atoms with Gasteiger partial charge >= 0.3 is 0 Å². The van der Waals surface area contributed by atoms with E-state index < -0.39 is 0 Å². The van der Waals surface area contributed by atoms with E-state index in [1.54, 1.807) is 0 Å². The lowest BCUT2D eigenvalue weighted by atomic mass is 10.0. The van der Waals surface area contributed by atoms with Crippen LogP contribution in [0.5, 0.6) is 0 Å². The maximum Gasteiger partial charge on any atom is 0.0387 e. The van der Waals surface area contributed by atoms with Crippen molar-refractivity contribution in [1.82, 2.24) is 0 Å². The summed E-state index contributed by atoms with van der Waals surface area (Å²) >= 11 is 1.93. The van der Waals surface area contributed by atoms with Gasteiger partial charge in [0, 0.05) is 20.2 Å². The van der Waals surface area contributed by atoms with Gasteiger partial charge in [-0.2, -0.15) is 0 Å². The molecule has 0 bridgehead atoms. The lowest BCUT2D eigenvalue weighted by molar-refractivity contribution is 1.38. The van der Waals surface area contributed by atoms with E-state index >= 15 is 0 Å². The zero-order valence-electron chi connectivity index (χ0n) is 10.7. The van der Waals surface area contributed by atoms with Gasteiger partial charge in [0.15, 0.2) is 0 Å². The van der Waals surface area contributed by atoms with Gasteiger partial charge in [-0.25, -0.2) is 0 Å². The lowest BCUT2D eigenvalue weighted by Gasteiger charge is -2.03. The van der Waals surface area contributed by atoms with E-state index in [0.717, 1.165) is 0 Å². The molecule has 3 aromatic rings. The Balaban J connectivity index is 2.60. The molecule has 0 aliphatic rings. The molecule has 0 saturated carbocycles. The van der Waals surface area contributed by atoms with Crippen LogP contribution in [0.4, 0.5) is 0 Å². The average Bonchev–Trinajstić information content (AvgIpc) is 2.69. The Hall–Kier alpha value is -1.34. The summed E-state index contributed by atoms with van der Waals surface area (Å²) < 4.78 is 2.87. The number of aryl methyl sites for hydroxylation is 4. The molecule has 0 unspecified atom stereocenters. The van der Waals surface area contributed by atoms with Crippen LogP contribution in [0.3, 0.4) is 0 Å². The minimum Gasteiger partial charge on any atom is -0.135 e. The topological polar surface area (TPSA) is 0 Å². The highest BCUT2D eigenvalue weighted by Crippen LogP contribution is 2.39. The molecule has 1 heterocycles. The van der Waals surface area contributed by atoms with Crippen molar-refractivity contribution in [3.8, 4) is 0 Å². The second-order valence-electron chi connectivity index (χ2n) is 4.87. The molecule has 0 aliphatic heterocycles. The van der Waals surface area contributed by atoms with Gasteiger partial charge in [0.1, 0.15) is 0 Å². The highest BCUT2D eigenvalue weighted by molar-refractivity contribution is 7.26. The summed E-state index contributed by atoms with van der Waals surface area (Å²) in [4.78, 5) is 0. The van der Waals surface area contributed by atoms with Crippen LogP contribution in [-0.4, -0.2) is 0 Å². The number of hydrogen-bond acceptors (Lipinski definition) is 1. The van der Waals surface area contributed by atoms with Crippen molar-refractivity contribution in [2.75, 3.05) is 0 Å². The minimum atomic E-state index is 1.38. The first-order valence-electron chi connectivity index (χ1n) is 5.98. The molecule has 0 saturated heterocycles. The molecule has 0 radical (unpaired) electrons. The minimum absolute atomic E-state index is 1.38. The average molecular weight is 240 g/mol.